The van der Waals surface area contributed by atoms with Crippen molar-refractivity contribution in [2.24, 2.45) is 17.1 Å². The lowest BCUT2D eigenvalue weighted by molar-refractivity contribution is -0.143. The highest BCUT2D eigenvalue weighted by molar-refractivity contribution is 5.82. The van der Waals surface area contributed by atoms with E-state index in [2.05, 4.69) is 5.32 Å². The number of ether oxygens (including phenoxy) is 1. The van der Waals surface area contributed by atoms with E-state index in [4.69, 9.17) is 15.6 Å². The molecular formula is C10H16N2O4. The Morgan fingerprint density at radius 2 is 2.12 bits per heavy atom. The predicted octanol–water partition coefficient (Wildman–Crippen LogP) is -1.06. The van der Waals surface area contributed by atoms with E-state index in [0.717, 1.165) is 0 Å². The van der Waals surface area contributed by atoms with Gasteiger partial charge in [-0.05, 0) is 12.8 Å². The van der Waals surface area contributed by atoms with Crippen LogP contribution in [0.5, 0.6) is 0 Å². The number of hydrogen-bond acceptors (Lipinski definition) is 4. The summed E-state index contributed by atoms with van der Waals surface area (Å²) in [5.41, 5.74) is 4.97. The Hall–Kier alpha value is -1.14. The van der Waals surface area contributed by atoms with Gasteiger partial charge in [-0.1, -0.05) is 0 Å². The van der Waals surface area contributed by atoms with Crippen molar-refractivity contribution in [3.8, 4) is 0 Å². The van der Waals surface area contributed by atoms with Gasteiger partial charge in [0.15, 0.2) is 0 Å². The smallest absolute Gasteiger partial charge is 0.311 e. The number of aliphatic carboxylic acids is 1. The van der Waals surface area contributed by atoms with Crippen LogP contribution in [0.25, 0.3) is 0 Å². The summed E-state index contributed by atoms with van der Waals surface area (Å²) in [5, 5.41) is 11.6. The van der Waals surface area contributed by atoms with E-state index in [-0.39, 0.29) is 24.4 Å². The number of hydrogen-bond donors (Lipinski definition) is 3. The fraction of sp³-hybridized carbons (Fsp3) is 0.800. The number of carbonyl (C=O) groups is 2. The summed E-state index contributed by atoms with van der Waals surface area (Å²) in [6.45, 7) is 0.916. The molecule has 1 saturated carbocycles. The maximum Gasteiger partial charge on any atom is 0.311 e. The van der Waals surface area contributed by atoms with E-state index in [0.29, 0.717) is 26.1 Å². The number of nitrogens with two attached hydrogens (primary N) is 1. The lowest BCUT2D eigenvalue weighted by atomic mass is 10.0. The molecule has 1 aliphatic carbocycles. The minimum Gasteiger partial charge on any atom is -0.481 e. The second-order valence-corrected chi connectivity index (χ2v) is 4.61. The highest BCUT2D eigenvalue weighted by Crippen LogP contribution is 2.45. The number of amides is 1. The first-order valence-electron chi connectivity index (χ1n) is 5.40. The van der Waals surface area contributed by atoms with E-state index in [1.165, 1.54) is 0 Å². The Kier molecular flexibility index (Phi) is 2.86. The molecule has 2 atom stereocenters. The molecule has 1 saturated heterocycles. The lowest BCUT2D eigenvalue weighted by Gasteiger charge is -2.16. The van der Waals surface area contributed by atoms with Gasteiger partial charge in [0, 0.05) is 12.6 Å². The van der Waals surface area contributed by atoms with Crippen LogP contribution in [-0.4, -0.2) is 42.8 Å². The van der Waals surface area contributed by atoms with Gasteiger partial charge in [-0.3, -0.25) is 9.59 Å². The van der Waals surface area contributed by atoms with Crippen molar-refractivity contribution >= 4 is 11.9 Å². The minimum atomic E-state index is -0.834. The minimum absolute atomic E-state index is 0.197. The van der Waals surface area contributed by atoms with Crippen LogP contribution in [0, 0.1) is 11.3 Å². The van der Waals surface area contributed by atoms with Crippen molar-refractivity contribution in [2.75, 3.05) is 19.8 Å². The first-order chi connectivity index (χ1) is 7.55. The van der Waals surface area contributed by atoms with Crippen LogP contribution in [0.15, 0.2) is 0 Å². The fourth-order valence-corrected chi connectivity index (χ4v) is 1.85. The van der Waals surface area contributed by atoms with Crippen LogP contribution >= 0.6 is 0 Å². The lowest BCUT2D eigenvalue weighted by Crippen LogP contribution is -2.43. The Balaban J connectivity index is 1.82. The monoisotopic (exact) mass is 228 g/mol. The highest BCUT2D eigenvalue weighted by Gasteiger charge is 2.50. The van der Waals surface area contributed by atoms with Crippen LogP contribution < -0.4 is 11.1 Å². The Morgan fingerprint density at radius 1 is 1.44 bits per heavy atom. The zero-order chi connectivity index (χ0) is 11.8. The topological polar surface area (TPSA) is 102 Å². The van der Waals surface area contributed by atoms with Gasteiger partial charge in [-0.15, -0.1) is 0 Å². The molecule has 0 radical (unpaired) electrons. The van der Waals surface area contributed by atoms with Gasteiger partial charge in [0.05, 0.1) is 24.5 Å². The second kappa shape index (κ2) is 4.03. The van der Waals surface area contributed by atoms with Crippen molar-refractivity contribution in [1.29, 1.82) is 0 Å². The number of carboxylic acids is 1. The summed E-state index contributed by atoms with van der Waals surface area (Å²) >= 11 is 0. The number of carboxylic acid groups (broad SMARTS) is 1. The number of nitrogens with one attached hydrogen (secondary N) is 1. The molecule has 6 nitrogen and oxygen atoms in total. The van der Waals surface area contributed by atoms with Gasteiger partial charge >= 0.3 is 5.97 Å². The van der Waals surface area contributed by atoms with Crippen molar-refractivity contribution in [2.45, 2.75) is 18.9 Å². The zero-order valence-electron chi connectivity index (χ0n) is 8.94. The van der Waals surface area contributed by atoms with Gasteiger partial charge in [0.25, 0.3) is 0 Å². The molecule has 2 aliphatic rings. The molecule has 0 aromatic heterocycles. The van der Waals surface area contributed by atoms with E-state index in [9.17, 15) is 9.59 Å². The molecule has 1 amide bonds. The summed E-state index contributed by atoms with van der Waals surface area (Å²) in [7, 11) is 0. The molecule has 0 bridgehead atoms. The average molecular weight is 228 g/mol. The second-order valence-electron chi connectivity index (χ2n) is 4.61. The van der Waals surface area contributed by atoms with E-state index in [1.807, 2.05) is 0 Å². The third-order valence-corrected chi connectivity index (χ3v) is 3.37. The molecule has 1 heterocycles. The molecule has 2 fully saturated rings. The first-order valence-corrected chi connectivity index (χ1v) is 5.40. The molecular weight excluding hydrogens is 212 g/mol. The summed E-state index contributed by atoms with van der Waals surface area (Å²) in [6, 6.07) is -0.278. The molecule has 90 valence electrons. The van der Waals surface area contributed by atoms with Crippen LogP contribution in [0.4, 0.5) is 0 Å². The Morgan fingerprint density at radius 3 is 2.56 bits per heavy atom. The van der Waals surface area contributed by atoms with Crippen molar-refractivity contribution < 1.29 is 19.4 Å². The number of rotatable bonds is 4. The summed E-state index contributed by atoms with van der Waals surface area (Å²) in [6.07, 6.45) is 1.27. The van der Waals surface area contributed by atoms with Gasteiger partial charge in [-0.25, -0.2) is 0 Å². The standard InChI is InChI=1S/C10H16N2O4/c11-7-4-16-3-6(7)8(13)12-5-10(1-2-10)9(14)15/h6-7H,1-5,11H2,(H,12,13)(H,14,15). The molecule has 0 spiro atoms. The number of carbonyl (C=O) groups excluding carboxylic acids is 1. The first kappa shape index (κ1) is 11.3. The summed E-state index contributed by atoms with van der Waals surface area (Å²) in [4.78, 5) is 22.6. The molecule has 1 aliphatic heterocycles. The molecule has 4 N–H and O–H groups in total. The van der Waals surface area contributed by atoms with E-state index in [1.54, 1.807) is 0 Å². The molecule has 2 unspecified atom stereocenters. The largest absolute Gasteiger partial charge is 0.481 e. The van der Waals surface area contributed by atoms with Crippen LogP contribution in [0.1, 0.15) is 12.8 Å². The zero-order valence-corrected chi connectivity index (χ0v) is 8.94. The maximum absolute atomic E-state index is 11.7. The molecule has 2 rings (SSSR count). The third-order valence-electron chi connectivity index (χ3n) is 3.37. The Bertz CT molecular complexity index is 314. The predicted molar refractivity (Wildman–Crippen MR) is 54.6 cm³/mol. The van der Waals surface area contributed by atoms with E-state index >= 15 is 0 Å². The molecule has 6 heteroatoms. The summed E-state index contributed by atoms with van der Waals surface area (Å²) in [5.74, 6) is -1.37. The SMILES string of the molecule is NC1COCC1C(=O)NCC1(C(=O)O)CC1. The molecule has 0 aromatic carbocycles. The van der Waals surface area contributed by atoms with Gasteiger partial charge in [-0.2, -0.15) is 0 Å². The average Bonchev–Trinajstić information content (AvgIpc) is 2.92. The molecule has 16 heavy (non-hydrogen) atoms. The van der Waals surface area contributed by atoms with Crippen LogP contribution in [0.2, 0.25) is 0 Å². The van der Waals surface area contributed by atoms with Crippen molar-refractivity contribution in [1.82, 2.24) is 5.32 Å². The fourth-order valence-electron chi connectivity index (χ4n) is 1.85. The normalized spacial score (nSPS) is 31.1. The van der Waals surface area contributed by atoms with Gasteiger partial charge < -0.3 is 20.9 Å². The molecule has 0 aromatic rings. The van der Waals surface area contributed by atoms with Gasteiger partial charge in [0.1, 0.15) is 0 Å². The summed E-state index contributed by atoms with van der Waals surface area (Å²) < 4.78 is 5.08. The third kappa shape index (κ3) is 2.03. The van der Waals surface area contributed by atoms with E-state index < -0.39 is 11.4 Å². The highest BCUT2D eigenvalue weighted by atomic mass is 16.5. The quantitative estimate of drug-likeness (QED) is 0.569. The van der Waals surface area contributed by atoms with Crippen molar-refractivity contribution in [3.05, 3.63) is 0 Å². The van der Waals surface area contributed by atoms with Gasteiger partial charge in [0.2, 0.25) is 5.91 Å². The Labute approximate surface area is 93.1 Å². The van der Waals surface area contributed by atoms with Crippen molar-refractivity contribution in [3.63, 3.8) is 0 Å². The maximum atomic E-state index is 11.7. The van der Waals surface area contributed by atoms with Crippen LogP contribution in [0.3, 0.4) is 0 Å². The van der Waals surface area contributed by atoms with Crippen LogP contribution in [-0.2, 0) is 14.3 Å².